The van der Waals surface area contributed by atoms with Gasteiger partial charge in [0.1, 0.15) is 5.54 Å². The van der Waals surface area contributed by atoms with Crippen molar-refractivity contribution in [3.8, 4) is 0 Å². The van der Waals surface area contributed by atoms with Gasteiger partial charge in [0.15, 0.2) is 5.78 Å². The summed E-state index contributed by atoms with van der Waals surface area (Å²) in [5.41, 5.74) is 2.40. The number of likely N-dealkylation sites (N-methyl/N-ethyl adjacent to an activating group) is 1. The van der Waals surface area contributed by atoms with E-state index in [1.165, 1.54) is 0 Å². The van der Waals surface area contributed by atoms with Gasteiger partial charge in [0.25, 0.3) is 0 Å². The van der Waals surface area contributed by atoms with Crippen molar-refractivity contribution in [3.63, 3.8) is 0 Å². The molecule has 0 aliphatic carbocycles. The third-order valence-corrected chi connectivity index (χ3v) is 6.43. The van der Waals surface area contributed by atoms with E-state index in [2.05, 4.69) is 22.3 Å². The smallest absolute Gasteiger partial charge is 0.250 e. The molecule has 2 aliphatic rings. The molecule has 29 heavy (non-hydrogen) atoms. The summed E-state index contributed by atoms with van der Waals surface area (Å²) < 4.78 is 0. The molecule has 0 bridgehead atoms. The van der Waals surface area contributed by atoms with Crippen LogP contribution in [0.25, 0.3) is 0 Å². The van der Waals surface area contributed by atoms with Crippen molar-refractivity contribution in [2.45, 2.75) is 11.5 Å². The van der Waals surface area contributed by atoms with Crippen molar-refractivity contribution in [2.24, 2.45) is 5.92 Å². The second kappa shape index (κ2) is 6.68. The molecule has 3 aromatic rings. The summed E-state index contributed by atoms with van der Waals surface area (Å²) in [7, 11) is 1.95. The molecule has 0 radical (unpaired) electrons. The van der Waals surface area contributed by atoms with Gasteiger partial charge in [0, 0.05) is 29.3 Å². The molecule has 0 aromatic heterocycles. The predicted molar refractivity (Wildman–Crippen MR) is 113 cm³/mol. The lowest BCUT2D eigenvalue weighted by molar-refractivity contribution is -0.126. The first-order valence-corrected chi connectivity index (χ1v) is 9.90. The van der Waals surface area contributed by atoms with Gasteiger partial charge in [0.2, 0.25) is 5.91 Å². The highest BCUT2D eigenvalue weighted by Crippen LogP contribution is 2.55. The maximum Gasteiger partial charge on any atom is 0.250 e. The first-order chi connectivity index (χ1) is 14.1. The maximum atomic E-state index is 13.9. The number of likely N-dealkylation sites (tertiary alicyclic amines) is 1. The van der Waals surface area contributed by atoms with Crippen molar-refractivity contribution < 1.29 is 9.59 Å². The van der Waals surface area contributed by atoms with E-state index in [-0.39, 0.29) is 17.6 Å². The zero-order chi connectivity index (χ0) is 20.0. The van der Waals surface area contributed by atoms with Gasteiger partial charge in [-0.3, -0.25) is 14.5 Å². The van der Waals surface area contributed by atoms with E-state index in [0.717, 1.165) is 16.8 Å². The van der Waals surface area contributed by atoms with E-state index in [0.29, 0.717) is 12.1 Å². The third kappa shape index (κ3) is 2.49. The van der Waals surface area contributed by atoms with Gasteiger partial charge < -0.3 is 5.32 Å². The number of carbonyl (C=O) groups excluding carboxylic acids is 2. The number of anilines is 1. The van der Waals surface area contributed by atoms with Gasteiger partial charge in [-0.25, -0.2) is 0 Å². The third-order valence-electron chi connectivity index (χ3n) is 6.43. The summed E-state index contributed by atoms with van der Waals surface area (Å²) in [5, 5.41) is 3.04. The van der Waals surface area contributed by atoms with E-state index in [1.54, 1.807) is 0 Å². The summed E-state index contributed by atoms with van der Waals surface area (Å²) in [6.45, 7) is 0.634. The minimum atomic E-state index is -1.01. The lowest BCUT2D eigenvalue weighted by Gasteiger charge is -2.35. The minimum absolute atomic E-state index is 0.00987. The van der Waals surface area contributed by atoms with Crippen LogP contribution in [-0.4, -0.2) is 30.2 Å². The number of hydrogen-bond acceptors (Lipinski definition) is 3. The standard InChI is InChI=1S/C25H22N2O2/c1-27-16-19(17-10-4-2-5-11-17)22(23(28)18-12-6-3-7-13-18)25(27)20-14-8-9-15-21(20)26-24(25)29/h2-15,19,22H,16H2,1H3,(H,26,29)/t19-,22+,25+/m1/s1. The summed E-state index contributed by atoms with van der Waals surface area (Å²) in [4.78, 5) is 29.4. The Bertz CT molecular complexity index is 1080. The molecule has 1 saturated heterocycles. The zero-order valence-electron chi connectivity index (χ0n) is 16.2. The number of nitrogens with zero attached hydrogens (tertiary/aromatic N) is 1. The summed E-state index contributed by atoms with van der Waals surface area (Å²) >= 11 is 0. The van der Waals surface area contributed by atoms with E-state index in [4.69, 9.17) is 0 Å². The van der Waals surface area contributed by atoms with Gasteiger partial charge in [0.05, 0.1) is 5.92 Å². The highest BCUT2D eigenvalue weighted by atomic mass is 16.2. The van der Waals surface area contributed by atoms with E-state index < -0.39 is 11.5 Å². The highest BCUT2D eigenvalue weighted by Gasteiger charge is 2.64. The Kier molecular flexibility index (Phi) is 4.10. The van der Waals surface area contributed by atoms with Crippen LogP contribution in [0, 0.1) is 5.92 Å². The van der Waals surface area contributed by atoms with E-state index >= 15 is 0 Å². The molecular formula is C25H22N2O2. The van der Waals surface area contributed by atoms with Crippen LogP contribution in [0.5, 0.6) is 0 Å². The average molecular weight is 382 g/mol. The molecule has 0 unspecified atom stereocenters. The van der Waals surface area contributed by atoms with E-state index in [1.807, 2.05) is 79.8 Å². The molecule has 144 valence electrons. The Morgan fingerprint density at radius 1 is 0.931 bits per heavy atom. The topological polar surface area (TPSA) is 49.4 Å². The molecule has 0 saturated carbocycles. The minimum Gasteiger partial charge on any atom is -0.324 e. The van der Waals surface area contributed by atoms with Crippen LogP contribution in [0.2, 0.25) is 0 Å². The molecule has 2 heterocycles. The first-order valence-electron chi connectivity index (χ1n) is 9.90. The van der Waals surface area contributed by atoms with Gasteiger partial charge in [-0.05, 0) is 18.7 Å². The Labute approximate surface area is 170 Å². The fraction of sp³-hybridized carbons (Fsp3) is 0.200. The summed E-state index contributed by atoms with van der Waals surface area (Å²) in [6.07, 6.45) is 0. The van der Waals surface area contributed by atoms with Gasteiger partial charge >= 0.3 is 0 Å². The Balaban J connectivity index is 1.74. The van der Waals surface area contributed by atoms with Crippen LogP contribution in [0.3, 0.4) is 0 Å². The Morgan fingerprint density at radius 3 is 2.28 bits per heavy atom. The normalized spacial score (nSPS) is 25.8. The first kappa shape index (κ1) is 17.8. The highest BCUT2D eigenvalue weighted by molar-refractivity contribution is 6.12. The van der Waals surface area contributed by atoms with Crippen LogP contribution >= 0.6 is 0 Å². The van der Waals surface area contributed by atoms with Crippen molar-refractivity contribution in [1.82, 2.24) is 4.90 Å². The van der Waals surface area contributed by atoms with Gasteiger partial charge in [-0.15, -0.1) is 0 Å². The van der Waals surface area contributed by atoms with E-state index in [9.17, 15) is 9.59 Å². The van der Waals surface area contributed by atoms with Crippen molar-refractivity contribution >= 4 is 17.4 Å². The Hall–Kier alpha value is -3.24. The second-order valence-electron chi connectivity index (χ2n) is 7.87. The van der Waals surface area contributed by atoms with Crippen LogP contribution in [0.1, 0.15) is 27.4 Å². The number of ketones is 1. The number of para-hydroxylation sites is 1. The number of benzene rings is 3. The SMILES string of the molecule is CN1C[C@H](c2ccccc2)[C@@H](C(=O)c2ccccc2)[C@@]12C(=O)Nc1ccccc12. The number of carbonyl (C=O) groups is 2. The van der Waals surface area contributed by atoms with Crippen LogP contribution in [0.15, 0.2) is 84.9 Å². The average Bonchev–Trinajstić information content (AvgIpc) is 3.24. The van der Waals surface area contributed by atoms with Crippen molar-refractivity contribution in [3.05, 3.63) is 102 Å². The predicted octanol–water partition coefficient (Wildman–Crippen LogP) is 4.06. The molecule has 2 aliphatic heterocycles. The molecule has 4 heteroatoms. The maximum absolute atomic E-state index is 13.9. The number of hydrogen-bond donors (Lipinski definition) is 1. The molecule has 1 fully saturated rings. The Morgan fingerprint density at radius 2 is 1.55 bits per heavy atom. The molecule has 3 atom stereocenters. The summed E-state index contributed by atoms with van der Waals surface area (Å²) in [6, 6.07) is 27.1. The number of rotatable bonds is 3. The van der Waals surface area contributed by atoms with Gasteiger partial charge in [-0.1, -0.05) is 78.9 Å². The van der Waals surface area contributed by atoms with Gasteiger partial charge in [-0.2, -0.15) is 0 Å². The number of fused-ring (bicyclic) bond motifs is 2. The molecule has 1 N–H and O–H groups in total. The second-order valence-corrected chi connectivity index (χ2v) is 7.87. The number of amides is 1. The molecule has 5 rings (SSSR count). The van der Waals surface area contributed by atoms with Crippen LogP contribution in [0.4, 0.5) is 5.69 Å². The summed E-state index contributed by atoms with van der Waals surface area (Å²) in [5.74, 6) is -0.698. The molecule has 4 nitrogen and oxygen atoms in total. The lowest BCUT2D eigenvalue weighted by atomic mass is 9.70. The van der Waals surface area contributed by atoms with Crippen LogP contribution in [-0.2, 0) is 10.3 Å². The molecule has 1 spiro atoms. The largest absolute Gasteiger partial charge is 0.324 e. The quantitative estimate of drug-likeness (QED) is 0.695. The molecule has 3 aromatic carbocycles. The van der Waals surface area contributed by atoms with Crippen LogP contribution < -0.4 is 5.32 Å². The number of Topliss-reactive ketones (excluding diaryl/α,β-unsaturated/α-hetero) is 1. The fourth-order valence-electron chi connectivity index (χ4n) is 5.18. The number of nitrogens with one attached hydrogen (secondary N) is 1. The molecular weight excluding hydrogens is 360 g/mol. The molecule has 1 amide bonds. The lowest BCUT2D eigenvalue weighted by Crippen LogP contribution is -2.51. The van der Waals surface area contributed by atoms with Crippen molar-refractivity contribution in [1.29, 1.82) is 0 Å². The fourth-order valence-corrected chi connectivity index (χ4v) is 5.18. The zero-order valence-corrected chi connectivity index (χ0v) is 16.2. The van der Waals surface area contributed by atoms with Crippen molar-refractivity contribution in [2.75, 3.05) is 18.9 Å². The monoisotopic (exact) mass is 382 g/mol.